The summed E-state index contributed by atoms with van der Waals surface area (Å²) in [4.78, 5) is 11.3. The van der Waals surface area contributed by atoms with Crippen molar-refractivity contribution in [2.24, 2.45) is 0 Å². The van der Waals surface area contributed by atoms with Gasteiger partial charge in [-0.25, -0.2) is 0 Å². The molecule has 4 nitrogen and oxygen atoms in total. The minimum atomic E-state index is -0.674. The summed E-state index contributed by atoms with van der Waals surface area (Å²) in [7, 11) is 0. The highest BCUT2D eigenvalue weighted by atomic mass is 16.3. The molecule has 0 saturated carbocycles. The van der Waals surface area contributed by atoms with E-state index in [0.717, 1.165) is 11.1 Å². The van der Waals surface area contributed by atoms with Gasteiger partial charge in [0.05, 0.1) is 0 Å². The molecule has 0 aliphatic heterocycles. The quantitative estimate of drug-likeness (QED) is 0.600. The van der Waals surface area contributed by atoms with Crippen LogP contribution in [-0.4, -0.2) is 17.6 Å². The lowest BCUT2D eigenvalue weighted by molar-refractivity contribution is -0.123. The van der Waals surface area contributed by atoms with Gasteiger partial charge in [-0.1, -0.05) is 56.5 Å². The molecule has 0 aromatic heterocycles. The van der Waals surface area contributed by atoms with Crippen LogP contribution in [0.5, 0.6) is 0 Å². The molecule has 0 heterocycles. The highest BCUT2D eigenvalue weighted by molar-refractivity contribution is 5.81. The molecule has 0 atom stereocenters. The Labute approximate surface area is 136 Å². The summed E-state index contributed by atoms with van der Waals surface area (Å²) in [6, 6.07) is 11.6. The summed E-state index contributed by atoms with van der Waals surface area (Å²) in [5.74, 6) is -0.628. The van der Waals surface area contributed by atoms with Crippen molar-refractivity contribution in [3.63, 3.8) is 0 Å². The summed E-state index contributed by atoms with van der Waals surface area (Å²) in [5, 5.41) is 20.4. The molecule has 1 aromatic carbocycles. The van der Waals surface area contributed by atoms with Crippen LogP contribution in [0.1, 0.15) is 18.9 Å². The molecule has 2 N–H and O–H groups in total. The Kier molecular flexibility index (Phi) is 7.25. The maximum Gasteiger partial charge on any atom is 0.250 e. The second-order valence-electron chi connectivity index (χ2n) is 4.72. The summed E-state index contributed by atoms with van der Waals surface area (Å²) in [6.07, 6.45) is 4.05. The Morgan fingerprint density at radius 2 is 2.04 bits per heavy atom. The summed E-state index contributed by atoms with van der Waals surface area (Å²) in [6.45, 7) is 9.00. The maximum absolute atomic E-state index is 11.3. The van der Waals surface area contributed by atoms with Gasteiger partial charge in [-0.05, 0) is 34.8 Å². The van der Waals surface area contributed by atoms with Gasteiger partial charge in [0.2, 0.25) is 0 Å². The SMILES string of the molecule is C=C/C(=C\C(=C)/C(CC)=C(\C#N)NC(=O)CO)c1ccccc1. The van der Waals surface area contributed by atoms with Gasteiger partial charge in [0.25, 0.3) is 5.91 Å². The molecule has 4 heteroatoms. The number of benzene rings is 1. The average molecular weight is 308 g/mol. The van der Waals surface area contributed by atoms with Crippen LogP contribution in [0.3, 0.4) is 0 Å². The molecular weight excluding hydrogens is 288 g/mol. The number of nitriles is 1. The van der Waals surface area contributed by atoms with Gasteiger partial charge in [0.1, 0.15) is 18.4 Å². The normalized spacial score (nSPS) is 12.0. The lowest BCUT2D eigenvalue weighted by Crippen LogP contribution is -2.26. The van der Waals surface area contributed by atoms with E-state index in [2.05, 4.69) is 18.5 Å². The second kappa shape index (κ2) is 9.19. The zero-order chi connectivity index (χ0) is 17.2. The molecule has 0 radical (unpaired) electrons. The Bertz CT molecular complexity index is 692. The largest absolute Gasteiger partial charge is 0.387 e. The van der Waals surface area contributed by atoms with Crippen molar-refractivity contribution in [2.75, 3.05) is 6.61 Å². The van der Waals surface area contributed by atoms with Gasteiger partial charge >= 0.3 is 0 Å². The molecule has 0 saturated heterocycles. The Morgan fingerprint density at radius 1 is 1.39 bits per heavy atom. The van der Waals surface area contributed by atoms with E-state index in [9.17, 15) is 10.1 Å². The van der Waals surface area contributed by atoms with E-state index in [1.165, 1.54) is 0 Å². The molecule has 0 unspecified atom stereocenters. The van der Waals surface area contributed by atoms with E-state index in [0.29, 0.717) is 17.6 Å². The van der Waals surface area contributed by atoms with Crippen LogP contribution < -0.4 is 5.32 Å². The van der Waals surface area contributed by atoms with Gasteiger partial charge in [-0.15, -0.1) is 0 Å². The summed E-state index contributed by atoms with van der Waals surface area (Å²) in [5.41, 5.74) is 3.18. The third-order valence-corrected chi connectivity index (χ3v) is 3.22. The smallest absolute Gasteiger partial charge is 0.250 e. The Balaban J connectivity index is 3.22. The highest BCUT2D eigenvalue weighted by Crippen LogP contribution is 2.23. The number of nitrogens with zero attached hydrogens (tertiary/aromatic N) is 1. The first kappa shape index (κ1) is 18.1. The fourth-order valence-electron chi connectivity index (χ4n) is 2.08. The van der Waals surface area contributed by atoms with Crippen LogP contribution in [0.15, 0.2) is 72.5 Å². The number of aliphatic hydroxyl groups is 1. The second-order valence-corrected chi connectivity index (χ2v) is 4.72. The number of rotatable bonds is 7. The van der Waals surface area contributed by atoms with Gasteiger partial charge in [-0.3, -0.25) is 4.79 Å². The molecule has 118 valence electrons. The molecule has 0 spiro atoms. The minimum absolute atomic E-state index is 0.101. The molecule has 23 heavy (non-hydrogen) atoms. The highest BCUT2D eigenvalue weighted by Gasteiger charge is 2.11. The molecule has 0 aliphatic carbocycles. The van der Waals surface area contributed by atoms with Crippen molar-refractivity contribution in [3.8, 4) is 6.07 Å². The number of nitrogens with one attached hydrogen (secondary N) is 1. The van der Waals surface area contributed by atoms with Crippen molar-refractivity contribution >= 4 is 11.5 Å². The van der Waals surface area contributed by atoms with Gasteiger partial charge in [-0.2, -0.15) is 5.26 Å². The predicted octanol–water partition coefficient (Wildman–Crippen LogP) is 3.11. The van der Waals surface area contributed by atoms with Crippen molar-refractivity contribution < 1.29 is 9.90 Å². The number of hydrogen-bond donors (Lipinski definition) is 2. The zero-order valence-corrected chi connectivity index (χ0v) is 13.2. The molecule has 1 rings (SSSR count). The van der Waals surface area contributed by atoms with Crippen molar-refractivity contribution in [3.05, 3.63) is 78.0 Å². The van der Waals surface area contributed by atoms with Crippen molar-refractivity contribution in [1.82, 2.24) is 5.32 Å². The third kappa shape index (κ3) is 5.10. The van der Waals surface area contributed by atoms with E-state index in [-0.39, 0.29) is 5.70 Å². The van der Waals surface area contributed by atoms with Crippen LogP contribution in [0.2, 0.25) is 0 Å². The van der Waals surface area contributed by atoms with Crippen LogP contribution >= 0.6 is 0 Å². The van der Waals surface area contributed by atoms with Crippen LogP contribution in [0.4, 0.5) is 0 Å². The number of aliphatic hydroxyl groups excluding tert-OH is 1. The van der Waals surface area contributed by atoms with E-state index in [1.807, 2.05) is 49.4 Å². The first-order valence-corrected chi connectivity index (χ1v) is 7.20. The van der Waals surface area contributed by atoms with Crippen molar-refractivity contribution in [1.29, 1.82) is 5.26 Å². The molecular formula is C19H20N2O2. The van der Waals surface area contributed by atoms with Gasteiger partial charge < -0.3 is 10.4 Å². The number of carbonyl (C=O) groups excluding carboxylic acids is 1. The molecule has 0 aliphatic rings. The molecule has 1 amide bonds. The standard InChI is InChI=1S/C19H20N2O2/c1-4-15(16-9-7-6-8-10-16)11-14(3)17(5-2)18(12-20)21-19(23)13-22/h4,6-11,22H,1,3,5,13H2,2H3,(H,21,23)/b15-11+,18-17+. The van der Waals surface area contributed by atoms with E-state index in [4.69, 9.17) is 5.11 Å². The molecule has 0 bridgehead atoms. The fraction of sp³-hybridized carbons (Fsp3) is 0.158. The first-order valence-electron chi connectivity index (χ1n) is 7.20. The maximum atomic E-state index is 11.3. The zero-order valence-electron chi connectivity index (χ0n) is 13.2. The van der Waals surface area contributed by atoms with Crippen LogP contribution in [0.25, 0.3) is 5.57 Å². The summed E-state index contributed by atoms with van der Waals surface area (Å²) >= 11 is 0. The summed E-state index contributed by atoms with van der Waals surface area (Å²) < 4.78 is 0. The monoisotopic (exact) mass is 308 g/mol. The molecule has 1 aromatic rings. The number of allylic oxidation sites excluding steroid dienone is 6. The molecule has 0 fully saturated rings. The minimum Gasteiger partial charge on any atom is -0.387 e. The Hall–Kier alpha value is -2.90. The average Bonchev–Trinajstić information content (AvgIpc) is 2.59. The lowest BCUT2D eigenvalue weighted by atomic mass is 9.97. The first-order chi connectivity index (χ1) is 11.1. The number of carbonyl (C=O) groups is 1. The van der Waals surface area contributed by atoms with Crippen LogP contribution in [-0.2, 0) is 4.79 Å². The number of amides is 1. The van der Waals surface area contributed by atoms with E-state index >= 15 is 0 Å². The van der Waals surface area contributed by atoms with Crippen LogP contribution in [0, 0.1) is 11.3 Å². The van der Waals surface area contributed by atoms with Gasteiger partial charge in [0.15, 0.2) is 0 Å². The van der Waals surface area contributed by atoms with Crippen molar-refractivity contribution in [2.45, 2.75) is 13.3 Å². The topological polar surface area (TPSA) is 73.1 Å². The van der Waals surface area contributed by atoms with Gasteiger partial charge in [0, 0.05) is 0 Å². The predicted molar refractivity (Wildman–Crippen MR) is 91.9 cm³/mol. The lowest BCUT2D eigenvalue weighted by Gasteiger charge is -2.11. The van der Waals surface area contributed by atoms with E-state index in [1.54, 1.807) is 6.08 Å². The fourth-order valence-corrected chi connectivity index (χ4v) is 2.08. The third-order valence-electron chi connectivity index (χ3n) is 3.22. The van der Waals surface area contributed by atoms with E-state index < -0.39 is 12.5 Å². The number of hydrogen-bond acceptors (Lipinski definition) is 3. The Morgan fingerprint density at radius 3 is 2.52 bits per heavy atom.